The van der Waals surface area contributed by atoms with Crippen molar-refractivity contribution in [3.63, 3.8) is 0 Å². The summed E-state index contributed by atoms with van der Waals surface area (Å²) in [5, 5.41) is 4.90. The maximum absolute atomic E-state index is 5.28. The number of rotatable bonds is 4. The topological polar surface area (TPSA) is 25.8 Å². The van der Waals surface area contributed by atoms with E-state index in [-0.39, 0.29) is 5.92 Å². The van der Waals surface area contributed by atoms with Crippen molar-refractivity contribution in [3.05, 3.63) is 156 Å². The summed E-state index contributed by atoms with van der Waals surface area (Å²) in [6.07, 6.45) is 7.54. The normalized spacial score (nSPS) is 14.2. The number of benzene rings is 5. The fourth-order valence-corrected chi connectivity index (χ4v) is 6.25. The van der Waals surface area contributed by atoms with Crippen LogP contribution in [-0.2, 0) is 0 Å². The van der Waals surface area contributed by atoms with Gasteiger partial charge in [-0.3, -0.25) is 9.97 Å². The van der Waals surface area contributed by atoms with Crippen LogP contribution in [0.5, 0.6) is 0 Å². The summed E-state index contributed by atoms with van der Waals surface area (Å²) >= 11 is 0. The van der Waals surface area contributed by atoms with E-state index in [1.807, 2.05) is 12.3 Å². The Morgan fingerprint density at radius 1 is 0.548 bits per heavy atom. The molecule has 0 saturated heterocycles. The Kier molecular flexibility index (Phi) is 5.97. The van der Waals surface area contributed by atoms with Crippen LogP contribution in [0.2, 0.25) is 0 Å². The second-order valence-corrected chi connectivity index (χ2v) is 11.0. The molecule has 198 valence electrons. The zero-order chi connectivity index (χ0) is 27.9. The van der Waals surface area contributed by atoms with Crippen molar-refractivity contribution in [2.24, 2.45) is 0 Å². The molecule has 1 atom stereocenters. The fourth-order valence-electron chi connectivity index (χ4n) is 6.25. The van der Waals surface area contributed by atoms with Gasteiger partial charge in [0, 0.05) is 34.1 Å². The summed E-state index contributed by atoms with van der Waals surface area (Å²) in [6.45, 7) is 0. The molecule has 1 aliphatic carbocycles. The summed E-state index contributed by atoms with van der Waals surface area (Å²) in [7, 11) is 0. The van der Waals surface area contributed by atoms with Gasteiger partial charge in [0.25, 0.3) is 0 Å². The molecule has 0 amide bonds. The van der Waals surface area contributed by atoms with E-state index < -0.39 is 0 Å². The lowest BCUT2D eigenvalue weighted by molar-refractivity contribution is 0.882. The van der Waals surface area contributed by atoms with Gasteiger partial charge in [-0.15, -0.1) is 0 Å². The Balaban J connectivity index is 1.28. The first-order chi connectivity index (χ1) is 20.8. The second-order valence-electron chi connectivity index (χ2n) is 11.0. The molecule has 0 bridgehead atoms. The summed E-state index contributed by atoms with van der Waals surface area (Å²) in [4.78, 5) is 9.96. The van der Waals surface area contributed by atoms with E-state index in [2.05, 4.69) is 145 Å². The SMILES string of the molecule is C1=c2ccccc2=CC(c2cc(-c3ccc(-c4cccc5cccnc45)cc3)c3ccc(-c4ccccc4)cc3n2)C1. The van der Waals surface area contributed by atoms with Crippen LogP contribution in [-0.4, -0.2) is 9.97 Å². The quantitative estimate of drug-likeness (QED) is 0.225. The van der Waals surface area contributed by atoms with Gasteiger partial charge >= 0.3 is 0 Å². The largest absolute Gasteiger partial charge is 0.256 e. The van der Waals surface area contributed by atoms with Crippen molar-refractivity contribution in [2.75, 3.05) is 0 Å². The van der Waals surface area contributed by atoms with Gasteiger partial charge in [0.1, 0.15) is 0 Å². The first kappa shape index (κ1) is 24.5. The average molecular weight is 537 g/mol. The monoisotopic (exact) mass is 536 g/mol. The van der Waals surface area contributed by atoms with Crippen LogP contribution in [0.25, 0.3) is 67.3 Å². The number of aromatic nitrogens is 2. The van der Waals surface area contributed by atoms with Crippen molar-refractivity contribution in [1.29, 1.82) is 0 Å². The van der Waals surface area contributed by atoms with E-state index in [9.17, 15) is 0 Å². The van der Waals surface area contributed by atoms with Crippen molar-refractivity contribution in [3.8, 4) is 33.4 Å². The minimum atomic E-state index is 0.226. The molecule has 8 rings (SSSR count). The van der Waals surface area contributed by atoms with Crippen LogP contribution in [0.1, 0.15) is 18.0 Å². The number of pyridine rings is 2. The molecule has 0 saturated carbocycles. The standard InChI is InChI=1S/C40H28N2/c1-2-8-27(9-3-1)33-21-22-36-37(26-38(42-39(36)25-33)34-20-15-28-10-4-5-11-32(28)24-34)30-18-16-29(17-19-30)35-14-6-12-31-13-7-23-41-40(31)35/h1-19,21-26,34H,20H2. The van der Waals surface area contributed by atoms with Crippen LogP contribution in [0.15, 0.2) is 140 Å². The van der Waals surface area contributed by atoms with E-state index in [1.54, 1.807) is 0 Å². The van der Waals surface area contributed by atoms with Gasteiger partial charge in [-0.2, -0.15) is 0 Å². The summed E-state index contributed by atoms with van der Waals surface area (Å²) in [5.74, 6) is 0.226. The second kappa shape index (κ2) is 10.2. The minimum absolute atomic E-state index is 0.226. The summed E-state index contributed by atoms with van der Waals surface area (Å²) < 4.78 is 0. The molecule has 1 aliphatic rings. The van der Waals surface area contributed by atoms with Gasteiger partial charge < -0.3 is 0 Å². The lowest BCUT2D eigenvalue weighted by Crippen LogP contribution is -2.28. The first-order valence-corrected chi connectivity index (χ1v) is 14.5. The Morgan fingerprint density at radius 3 is 2.14 bits per heavy atom. The number of nitrogens with zero attached hydrogens (tertiary/aromatic N) is 2. The average Bonchev–Trinajstić information content (AvgIpc) is 3.07. The van der Waals surface area contributed by atoms with E-state index in [4.69, 9.17) is 4.98 Å². The third kappa shape index (κ3) is 4.38. The number of fused-ring (bicyclic) bond motifs is 3. The van der Waals surface area contributed by atoms with E-state index in [1.165, 1.54) is 38.3 Å². The highest BCUT2D eigenvalue weighted by atomic mass is 14.7. The maximum atomic E-state index is 5.28. The van der Waals surface area contributed by atoms with E-state index >= 15 is 0 Å². The summed E-state index contributed by atoms with van der Waals surface area (Å²) in [6, 6.07) is 47.6. The lowest BCUT2D eigenvalue weighted by Gasteiger charge is -2.18. The molecule has 0 fully saturated rings. The molecule has 0 radical (unpaired) electrons. The number of para-hydroxylation sites is 1. The highest BCUT2D eigenvalue weighted by molar-refractivity contribution is 5.98. The van der Waals surface area contributed by atoms with Gasteiger partial charge in [-0.05, 0) is 62.9 Å². The van der Waals surface area contributed by atoms with Crippen LogP contribution in [0, 0.1) is 0 Å². The molecular formula is C40H28N2. The van der Waals surface area contributed by atoms with Gasteiger partial charge in [0.15, 0.2) is 0 Å². The zero-order valence-corrected chi connectivity index (χ0v) is 23.1. The molecule has 7 aromatic rings. The van der Waals surface area contributed by atoms with Crippen LogP contribution < -0.4 is 10.4 Å². The molecule has 1 unspecified atom stereocenters. The van der Waals surface area contributed by atoms with Gasteiger partial charge in [-0.1, -0.05) is 127 Å². The third-order valence-electron chi connectivity index (χ3n) is 8.42. The zero-order valence-electron chi connectivity index (χ0n) is 23.1. The van der Waals surface area contributed by atoms with Crippen molar-refractivity contribution in [2.45, 2.75) is 12.3 Å². The maximum Gasteiger partial charge on any atom is 0.0780 e. The predicted molar refractivity (Wildman–Crippen MR) is 175 cm³/mol. The highest BCUT2D eigenvalue weighted by Gasteiger charge is 2.17. The molecule has 5 aromatic carbocycles. The third-order valence-corrected chi connectivity index (χ3v) is 8.42. The van der Waals surface area contributed by atoms with Crippen molar-refractivity contribution >= 4 is 34.0 Å². The number of hydrogen-bond donors (Lipinski definition) is 0. The molecule has 2 heterocycles. The fraction of sp³-hybridized carbons (Fsp3) is 0.0500. The Morgan fingerprint density at radius 2 is 1.29 bits per heavy atom. The molecule has 0 spiro atoms. The molecule has 2 heteroatoms. The molecule has 0 N–H and O–H groups in total. The van der Waals surface area contributed by atoms with Gasteiger partial charge in [-0.25, -0.2) is 0 Å². The predicted octanol–water partition coefficient (Wildman–Crippen LogP) is 8.53. The Hall–Kier alpha value is -5.34. The lowest BCUT2D eigenvalue weighted by atomic mass is 9.90. The van der Waals surface area contributed by atoms with Crippen LogP contribution in [0.4, 0.5) is 0 Å². The van der Waals surface area contributed by atoms with E-state index in [0.717, 1.165) is 39.5 Å². The molecule has 0 aliphatic heterocycles. The Bertz CT molecular complexity index is 2210. The van der Waals surface area contributed by atoms with E-state index in [0.29, 0.717) is 0 Å². The minimum Gasteiger partial charge on any atom is -0.256 e. The summed E-state index contributed by atoms with van der Waals surface area (Å²) in [5.41, 5.74) is 10.3. The molecule has 2 aromatic heterocycles. The number of hydrogen-bond acceptors (Lipinski definition) is 2. The van der Waals surface area contributed by atoms with Crippen molar-refractivity contribution in [1.82, 2.24) is 9.97 Å². The Labute approximate surface area is 245 Å². The van der Waals surface area contributed by atoms with Gasteiger partial charge in [0.2, 0.25) is 0 Å². The molecule has 42 heavy (non-hydrogen) atoms. The first-order valence-electron chi connectivity index (χ1n) is 14.5. The molecular weight excluding hydrogens is 508 g/mol. The van der Waals surface area contributed by atoms with Crippen LogP contribution in [0.3, 0.4) is 0 Å². The highest BCUT2D eigenvalue weighted by Crippen LogP contribution is 2.36. The van der Waals surface area contributed by atoms with Gasteiger partial charge in [0.05, 0.1) is 11.0 Å². The van der Waals surface area contributed by atoms with Crippen molar-refractivity contribution < 1.29 is 0 Å². The van der Waals surface area contributed by atoms with Crippen LogP contribution >= 0.6 is 0 Å². The smallest absolute Gasteiger partial charge is 0.0780 e. The molecule has 2 nitrogen and oxygen atoms in total.